The highest BCUT2D eigenvalue weighted by atomic mass is 16.6. The summed E-state index contributed by atoms with van der Waals surface area (Å²) in [5.74, 6) is -0.191. The first-order chi connectivity index (χ1) is 10.2. The number of ether oxygens (including phenoxy) is 1. The summed E-state index contributed by atoms with van der Waals surface area (Å²) < 4.78 is 5.20. The Morgan fingerprint density at radius 2 is 2.05 bits per heavy atom. The zero-order valence-electron chi connectivity index (χ0n) is 13.5. The van der Waals surface area contributed by atoms with Gasteiger partial charge >= 0.3 is 6.09 Å². The van der Waals surface area contributed by atoms with Crippen LogP contribution in [0.4, 0.5) is 4.79 Å². The molecule has 0 bridgehead atoms. The number of nitrogens with zero attached hydrogens (tertiary/aromatic N) is 1. The van der Waals surface area contributed by atoms with Gasteiger partial charge in [-0.3, -0.25) is 9.78 Å². The molecule has 1 fully saturated rings. The average Bonchev–Trinajstić information content (AvgIpc) is 3.16. The molecule has 6 nitrogen and oxygen atoms in total. The number of aryl methyl sites for hydroxylation is 1. The molecule has 1 aromatic heterocycles. The standard InChI is InChI=1S/C16H23N3O3/c1-11-6-5-9-17-12(11)10-18-13(20)16(7-8-16)19-14(21)22-15(2,3)4/h5-6,9H,7-8,10H2,1-4H3,(H,18,20)(H,19,21). The Kier molecular flexibility index (Phi) is 4.39. The van der Waals surface area contributed by atoms with Gasteiger partial charge in [0.2, 0.25) is 5.91 Å². The second-order valence-electron chi connectivity index (χ2n) is 6.66. The average molecular weight is 305 g/mol. The maximum atomic E-state index is 12.3. The van der Waals surface area contributed by atoms with Crippen LogP contribution in [0.15, 0.2) is 18.3 Å². The molecule has 120 valence electrons. The molecule has 1 aliphatic rings. The van der Waals surface area contributed by atoms with Crippen LogP contribution in [-0.2, 0) is 16.1 Å². The van der Waals surface area contributed by atoms with Gasteiger partial charge in [0.25, 0.3) is 0 Å². The van der Waals surface area contributed by atoms with Crippen molar-refractivity contribution < 1.29 is 14.3 Å². The minimum atomic E-state index is -0.828. The van der Waals surface area contributed by atoms with Gasteiger partial charge in [0.15, 0.2) is 0 Å². The quantitative estimate of drug-likeness (QED) is 0.892. The third-order valence-corrected chi connectivity index (χ3v) is 3.46. The highest BCUT2D eigenvalue weighted by Gasteiger charge is 2.51. The second-order valence-corrected chi connectivity index (χ2v) is 6.66. The van der Waals surface area contributed by atoms with Crippen molar-refractivity contribution in [2.45, 2.75) is 58.2 Å². The van der Waals surface area contributed by atoms with Crippen LogP contribution in [0.25, 0.3) is 0 Å². The normalized spacial score (nSPS) is 15.8. The predicted octanol–water partition coefficient (Wildman–Crippen LogP) is 2.06. The van der Waals surface area contributed by atoms with E-state index in [1.807, 2.05) is 19.1 Å². The third-order valence-electron chi connectivity index (χ3n) is 3.46. The van der Waals surface area contributed by atoms with Gasteiger partial charge in [0.05, 0.1) is 12.2 Å². The smallest absolute Gasteiger partial charge is 0.408 e. The fraction of sp³-hybridized carbons (Fsp3) is 0.562. The Labute approximate surface area is 130 Å². The molecule has 0 saturated heterocycles. The van der Waals surface area contributed by atoms with Crippen molar-refractivity contribution in [2.24, 2.45) is 0 Å². The molecule has 2 N–H and O–H groups in total. The number of hydrogen-bond acceptors (Lipinski definition) is 4. The number of amides is 2. The van der Waals surface area contributed by atoms with Gasteiger partial charge in [-0.2, -0.15) is 0 Å². The van der Waals surface area contributed by atoms with Crippen molar-refractivity contribution in [1.82, 2.24) is 15.6 Å². The predicted molar refractivity (Wildman–Crippen MR) is 82.2 cm³/mol. The molecule has 0 unspecified atom stereocenters. The molecule has 1 aliphatic carbocycles. The summed E-state index contributed by atoms with van der Waals surface area (Å²) in [5.41, 5.74) is 0.434. The number of aromatic nitrogens is 1. The third kappa shape index (κ3) is 4.19. The van der Waals surface area contributed by atoms with Gasteiger partial charge < -0.3 is 15.4 Å². The van der Waals surface area contributed by atoms with Crippen LogP contribution in [0.3, 0.4) is 0 Å². The minimum Gasteiger partial charge on any atom is -0.444 e. The number of carbonyl (C=O) groups is 2. The van der Waals surface area contributed by atoms with Crippen LogP contribution in [-0.4, -0.2) is 28.1 Å². The largest absolute Gasteiger partial charge is 0.444 e. The lowest BCUT2D eigenvalue weighted by Gasteiger charge is -2.23. The van der Waals surface area contributed by atoms with Gasteiger partial charge in [-0.15, -0.1) is 0 Å². The van der Waals surface area contributed by atoms with Crippen molar-refractivity contribution in [1.29, 1.82) is 0 Å². The molecular weight excluding hydrogens is 282 g/mol. The second kappa shape index (κ2) is 5.94. The highest BCUT2D eigenvalue weighted by Crippen LogP contribution is 2.36. The molecule has 6 heteroatoms. The SMILES string of the molecule is Cc1cccnc1CNC(=O)C1(NC(=O)OC(C)(C)C)CC1. The molecule has 0 aliphatic heterocycles. The molecule has 0 atom stereocenters. The van der Waals surface area contributed by atoms with Crippen LogP contribution >= 0.6 is 0 Å². The number of nitrogens with one attached hydrogen (secondary N) is 2. The van der Waals surface area contributed by atoms with Gasteiger partial charge in [0, 0.05) is 6.20 Å². The van der Waals surface area contributed by atoms with Crippen molar-refractivity contribution in [3.8, 4) is 0 Å². The molecule has 0 radical (unpaired) electrons. The van der Waals surface area contributed by atoms with Crippen LogP contribution in [0, 0.1) is 6.92 Å². The molecule has 0 spiro atoms. The van der Waals surface area contributed by atoms with E-state index in [0.717, 1.165) is 11.3 Å². The fourth-order valence-electron chi connectivity index (χ4n) is 2.07. The molecular formula is C16H23N3O3. The lowest BCUT2D eigenvalue weighted by molar-refractivity contribution is -0.124. The van der Waals surface area contributed by atoms with Crippen LogP contribution < -0.4 is 10.6 Å². The number of pyridine rings is 1. The Morgan fingerprint density at radius 1 is 1.36 bits per heavy atom. The zero-order chi connectivity index (χ0) is 16.4. The summed E-state index contributed by atoms with van der Waals surface area (Å²) in [6.45, 7) is 7.66. The monoisotopic (exact) mass is 305 g/mol. The van der Waals surface area contributed by atoms with E-state index >= 15 is 0 Å². The summed E-state index contributed by atoms with van der Waals surface area (Å²) in [4.78, 5) is 28.4. The fourth-order valence-corrected chi connectivity index (χ4v) is 2.07. The van der Waals surface area contributed by atoms with E-state index in [1.54, 1.807) is 27.0 Å². The Bertz CT molecular complexity index is 574. The molecule has 1 heterocycles. The first-order valence-electron chi connectivity index (χ1n) is 7.42. The van der Waals surface area contributed by atoms with Crippen molar-refractivity contribution in [3.05, 3.63) is 29.6 Å². The van der Waals surface area contributed by atoms with E-state index < -0.39 is 17.2 Å². The van der Waals surface area contributed by atoms with E-state index in [1.165, 1.54) is 0 Å². The van der Waals surface area contributed by atoms with E-state index in [0.29, 0.717) is 19.4 Å². The van der Waals surface area contributed by atoms with Crippen LogP contribution in [0.2, 0.25) is 0 Å². The minimum absolute atomic E-state index is 0.191. The van der Waals surface area contributed by atoms with Gasteiger partial charge in [-0.05, 0) is 52.2 Å². The van der Waals surface area contributed by atoms with Gasteiger partial charge in [0.1, 0.15) is 11.1 Å². The molecule has 2 rings (SSSR count). The Morgan fingerprint density at radius 3 is 2.59 bits per heavy atom. The molecule has 1 saturated carbocycles. The van der Waals surface area contributed by atoms with Crippen LogP contribution in [0.1, 0.15) is 44.9 Å². The van der Waals surface area contributed by atoms with E-state index in [4.69, 9.17) is 4.74 Å². The summed E-state index contributed by atoms with van der Waals surface area (Å²) in [6, 6.07) is 3.80. The van der Waals surface area contributed by atoms with E-state index in [2.05, 4.69) is 15.6 Å². The summed E-state index contributed by atoms with van der Waals surface area (Å²) in [6.07, 6.45) is 2.38. The van der Waals surface area contributed by atoms with Gasteiger partial charge in [-0.25, -0.2) is 4.79 Å². The Balaban J connectivity index is 1.89. The number of alkyl carbamates (subject to hydrolysis) is 1. The maximum Gasteiger partial charge on any atom is 0.408 e. The number of carbonyl (C=O) groups excluding carboxylic acids is 2. The van der Waals surface area contributed by atoms with Crippen molar-refractivity contribution in [2.75, 3.05) is 0 Å². The Hall–Kier alpha value is -2.11. The van der Waals surface area contributed by atoms with Crippen molar-refractivity contribution in [3.63, 3.8) is 0 Å². The molecule has 0 aromatic carbocycles. The topological polar surface area (TPSA) is 80.3 Å². The summed E-state index contributed by atoms with van der Waals surface area (Å²) in [7, 11) is 0. The molecule has 1 aromatic rings. The summed E-state index contributed by atoms with van der Waals surface area (Å²) >= 11 is 0. The lowest BCUT2D eigenvalue weighted by Crippen LogP contribution is -2.50. The molecule has 22 heavy (non-hydrogen) atoms. The number of hydrogen-bond donors (Lipinski definition) is 2. The van der Waals surface area contributed by atoms with Crippen LogP contribution in [0.5, 0.6) is 0 Å². The van der Waals surface area contributed by atoms with Gasteiger partial charge in [-0.1, -0.05) is 6.07 Å². The van der Waals surface area contributed by atoms with E-state index in [9.17, 15) is 9.59 Å². The lowest BCUT2D eigenvalue weighted by atomic mass is 10.2. The first kappa shape index (κ1) is 16.3. The van der Waals surface area contributed by atoms with Crippen molar-refractivity contribution >= 4 is 12.0 Å². The maximum absolute atomic E-state index is 12.3. The summed E-state index contributed by atoms with van der Waals surface area (Å²) in [5, 5.41) is 5.52. The number of rotatable bonds is 4. The zero-order valence-corrected chi connectivity index (χ0v) is 13.5. The van der Waals surface area contributed by atoms with E-state index in [-0.39, 0.29) is 5.91 Å². The first-order valence-corrected chi connectivity index (χ1v) is 7.42. The molecule has 2 amide bonds. The highest BCUT2D eigenvalue weighted by molar-refractivity contribution is 5.92.